The number of rotatable bonds is 4. The monoisotopic (exact) mass is 381 g/mol. The Balaban J connectivity index is 1.58. The van der Waals surface area contributed by atoms with Gasteiger partial charge in [-0.25, -0.2) is 0 Å². The number of hydrogen-bond donors (Lipinski definition) is 1. The highest BCUT2D eigenvalue weighted by Gasteiger charge is 2.42. The summed E-state index contributed by atoms with van der Waals surface area (Å²) in [6, 6.07) is 7.44. The van der Waals surface area contributed by atoms with Crippen LogP contribution in [0, 0.1) is 5.41 Å². The van der Waals surface area contributed by atoms with E-state index in [1.54, 1.807) is 6.92 Å². The zero-order chi connectivity index (χ0) is 19.9. The van der Waals surface area contributed by atoms with Gasteiger partial charge in [0.2, 0.25) is 11.8 Å². The summed E-state index contributed by atoms with van der Waals surface area (Å²) in [6.07, 6.45) is 4.80. The van der Waals surface area contributed by atoms with Crippen LogP contribution >= 0.6 is 0 Å². The van der Waals surface area contributed by atoms with Crippen LogP contribution in [0.5, 0.6) is 0 Å². The molecule has 1 spiro atoms. The number of hydrogen-bond acceptors (Lipinski definition) is 3. The number of piperidine rings is 1. The van der Waals surface area contributed by atoms with Crippen molar-refractivity contribution in [1.29, 1.82) is 0 Å². The molecule has 4 rings (SSSR count). The van der Waals surface area contributed by atoms with Gasteiger partial charge in [0.25, 0.3) is 0 Å². The predicted molar refractivity (Wildman–Crippen MR) is 107 cm³/mol. The Morgan fingerprint density at radius 3 is 2.54 bits per heavy atom. The van der Waals surface area contributed by atoms with Gasteiger partial charge in [-0.2, -0.15) is 0 Å². The number of fused-ring (bicyclic) bond motifs is 1. The van der Waals surface area contributed by atoms with Crippen molar-refractivity contribution in [1.82, 2.24) is 14.8 Å². The Bertz CT molecular complexity index is 938. The molecule has 6 nitrogen and oxygen atoms in total. The Morgan fingerprint density at radius 1 is 1.21 bits per heavy atom. The summed E-state index contributed by atoms with van der Waals surface area (Å²) >= 11 is 0. The zero-order valence-electron chi connectivity index (χ0n) is 16.5. The van der Waals surface area contributed by atoms with Crippen molar-refractivity contribution in [3.63, 3.8) is 0 Å². The Labute approximate surface area is 164 Å². The highest BCUT2D eigenvalue weighted by Crippen LogP contribution is 2.38. The smallest absolute Gasteiger partial charge is 0.245 e. The van der Waals surface area contributed by atoms with Crippen LogP contribution in [0.1, 0.15) is 55.9 Å². The van der Waals surface area contributed by atoms with E-state index in [2.05, 4.69) is 5.32 Å². The first-order valence-corrected chi connectivity index (χ1v) is 10.1. The van der Waals surface area contributed by atoms with Gasteiger partial charge in [0.15, 0.2) is 5.78 Å². The van der Waals surface area contributed by atoms with Gasteiger partial charge >= 0.3 is 0 Å². The summed E-state index contributed by atoms with van der Waals surface area (Å²) < 4.78 is 1.97. The molecule has 2 aromatic rings. The third-order valence-corrected chi connectivity index (χ3v) is 6.46. The molecule has 1 aromatic heterocycles. The third kappa shape index (κ3) is 3.11. The molecule has 28 heavy (non-hydrogen) atoms. The lowest BCUT2D eigenvalue weighted by molar-refractivity contribution is -0.137. The average Bonchev–Trinajstić information content (AvgIpc) is 3.24. The molecule has 2 aliphatic rings. The van der Waals surface area contributed by atoms with Gasteiger partial charge in [0, 0.05) is 48.7 Å². The van der Waals surface area contributed by atoms with Gasteiger partial charge in [-0.05, 0) is 37.7 Å². The van der Waals surface area contributed by atoms with Crippen LogP contribution in [0.3, 0.4) is 0 Å². The quantitative estimate of drug-likeness (QED) is 0.828. The average molecular weight is 381 g/mol. The van der Waals surface area contributed by atoms with Gasteiger partial charge in [0.05, 0.1) is 0 Å². The van der Waals surface area contributed by atoms with Crippen LogP contribution in [0.15, 0.2) is 30.5 Å². The first kappa shape index (κ1) is 18.7. The predicted octanol–water partition coefficient (Wildman–Crippen LogP) is 2.92. The lowest BCUT2D eigenvalue weighted by atomic mass is 9.77. The Kier molecular flexibility index (Phi) is 4.73. The normalized spacial score (nSPS) is 19.8. The van der Waals surface area contributed by atoms with Crippen molar-refractivity contribution in [2.24, 2.45) is 5.41 Å². The lowest BCUT2D eigenvalue weighted by Crippen LogP contribution is -2.46. The number of likely N-dealkylation sites (tertiary alicyclic amines) is 1. The van der Waals surface area contributed by atoms with Crippen molar-refractivity contribution in [3.05, 3.63) is 36.0 Å². The van der Waals surface area contributed by atoms with Gasteiger partial charge in [-0.3, -0.25) is 14.4 Å². The largest absolute Gasteiger partial charge is 0.356 e. The number of Topliss-reactive ketones (excluding diaryl/α,β-unsaturated/α-hetero) is 1. The number of para-hydroxylation sites is 1. The molecule has 0 aliphatic carbocycles. The molecular formula is C22H27N3O3. The number of carbonyl (C=O) groups excluding carboxylic acids is 3. The molecule has 1 unspecified atom stereocenters. The summed E-state index contributed by atoms with van der Waals surface area (Å²) in [6.45, 7) is 5.67. The number of aromatic nitrogens is 1. The van der Waals surface area contributed by atoms with Crippen molar-refractivity contribution < 1.29 is 14.4 Å². The van der Waals surface area contributed by atoms with Crippen LogP contribution in [0.4, 0.5) is 0 Å². The summed E-state index contributed by atoms with van der Waals surface area (Å²) in [7, 11) is 0. The lowest BCUT2D eigenvalue weighted by Gasteiger charge is -2.39. The van der Waals surface area contributed by atoms with E-state index in [-0.39, 0.29) is 29.1 Å². The van der Waals surface area contributed by atoms with Crippen LogP contribution in [0.25, 0.3) is 10.9 Å². The van der Waals surface area contributed by atoms with E-state index < -0.39 is 0 Å². The molecule has 0 bridgehead atoms. The SMILES string of the molecule is CCC(C(=O)N1CCC2(CC1)CNC(=O)C2)n1cc(C(C)=O)c2ccccc21. The molecule has 2 amide bonds. The number of benzene rings is 1. The maximum atomic E-state index is 13.4. The summed E-state index contributed by atoms with van der Waals surface area (Å²) in [4.78, 5) is 39.0. The minimum atomic E-state index is -0.324. The fourth-order valence-electron chi connectivity index (χ4n) is 4.75. The molecule has 3 heterocycles. The fourth-order valence-corrected chi connectivity index (χ4v) is 4.75. The maximum absolute atomic E-state index is 13.4. The van der Waals surface area contributed by atoms with E-state index in [1.165, 1.54) is 0 Å². The van der Waals surface area contributed by atoms with Gasteiger partial charge < -0.3 is 14.8 Å². The molecule has 2 aliphatic heterocycles. The topological polar surface area (TPSA) is 71.4 Å². The molecule has 2 saturated heterocycles. The van der Waals surface area contributed by atoms with Crippen molar-refractivity contribution in [2.75, 3.05) is 19.6 Å². The molecule has 0 saturated carbocycles. The van der Waals surface area contributed by atoms with E-state index in [9.17, 15) is 14.4 Å². The van der Waals surface area contributed by atoms with Crippen LogP contribution in [-0.4, -0.2) is 46.7 Å². The number of carbonyl (C=O) groups is 3. The van der Waals surface area contributed by atoms with Gasteiger partial charge in [-0.1, -0.05) is 25.1 Å². The van der Waals surface area contributed by atoms with Crippen molar-refractivity contribution in [2.45, 2.75) is 45.6 Å². The van der Waals surface area contributed by atoms with E-state index >= 15 is 0 Å². The summed E-state index contributed by atoms with van der Waals surface area (Å²) in [5, 5.41) is 3.84. The van der Waals surface area contributed by atoms with Gasteiger partial charge in [0.1, 0.15) is 6.04 Å². The van der Waals surface area contributed by atoms with Crippen LogP contribution < -0.4 is 5.32 Å². The number of ketones is 1. The fraction of sp³-hybridized carbons (Fsp3) is 0.500. The highest BCUT2D eigenvalue weighted by atomic mass is 16.2. The van der Waals surface area contributed by atoms with Gasteiger partial charge in [-0.15, -0.1) is 0 Å². The molecule has 0 radical (unpaired) electrons. The summed E-state index contributed by atoms with van der Waals surface area (Å²) in [5.41, 5.74) is 1.61. The first-order chi connectivity index (χ1) is 13.4. The molecule has 1 N–H and O–H groups in total. The molecule has 1 atom stereocenters. The van der Waals surface area contributed by atoms with Crippen LogP contribution in [-0.2, 0) is 9.59 Å². The second-order valence-corrected chi connectivity index (χ2v) is 8.23. The molecule has 148 valence electrons. The number of amides is 2. The Hall–Kier alpha value is -2.63. The van der Waals surface area contributed by atoms with E-state index in [4.69, 9.17) is 0 Å². The first-order valence-electron chi connectivity index (χ1n) is 10.1. The minimum Gasteiger partial charge on any atom is -0.356 e. The molecule has 2 fully saturated rings. The van der Waals surface area contributed by atoms with Crippen molar-refractivity contribution in [3.8, 4) is 0 Å². The third-order valence-electron chi connectivity index (χ3n) is 6.46. The molecule has 1 aromatic carbocycles. The highest BCUT2D eigenvalue weighted by molar-refractivity contribution is 6.07. The second kappa shape index (κ2) is 7.08. The number of nitrogens with zero attached hydrogens (tertiary/aromatic N) is 2. The molecule has 6 heteroatoms. The standard InChI is InChI=1S/C22H27N3O3/c1-3-18(25-13-17(15(2)26)16-6-4-5-7-19(16)25)21(28)24-10-8-22(9-11-24)12-20(27)23-14-22/h4-7,13,18H,3,8-12,14H2,1-2H3,(H,23,27). The maximum Gasteiger partial charge on any atom is 0.245 e. The van der Waals surface area contributed by atoms with Crippen molar-refractivity contribution >= 4 is 28.5 Å². The van der Waals surface area contributed by atoms with Crippen LogP contribution in [0.2, 0.25) is 0 Å². The number of nitrogens with one attached hydrogen (secondary N) is 1. The second-order valence-electron chi connectivity index (χ2n) is 8.23. The zero-order valence-corrected chi connectivity index (χ0v) is 16.5. The van der Waals surface area contributed by atoms with E-state index in [0.717, 1.165) is 30.3 Å². The summed E-state index contributed by atoms with van der Waals surface area (Å²) in [5.74, 6) is 0.239. The van der Waals surface area contributed by atoms with E-state index in [1.807, 2.05) is 46.9 Å². The van der Waals surface area contributed by atoms with E-state index in [0.29, 0.717) is 31.5 Å². The Morgan fingerprint density at radius 2 is 1.93 bits per heavy atom. The minimum absolute atomic E-state index is 0.00978. The molecular weight excluding hydrogens is 354 g/mol.